The van der Waals surface area contributed by atoms with Crippen LogP contribution in [0.4, 0.5) is 11.4 Å². The van der Waals surface area contributed by atoms with Crippen LogP contribution in [0.3, 0.4) is 0 Å². The fraction of sp³-hybridized carbons (Fsp3) is 0.414. The number of hydrogen-bond donors (Lipinski definition) is 5. The van der Waals surface area contributed by atoms with E-state index in [4.69, 9.17) is 0 Å². The Labute approximate surface area is 250 Å². The Kier molecular flexibility index (Phi) is 7.90. The van der Waals surface area contributed by atoms with Crippen molar-refractivity contribution in [1.82, 2.24) is 5.32 Å². The van der Waals surface area contributed by atoms with Gasteiger partial charge in [-0.1, -0.05) is 32.0 Å². The number of nitrogens with one attached hydrogen (secondary N) is 3. The van der Waals surface area contributed by atoms with Gasteiger partial charge in [-0.25, -0.2) is 8.42 Å². The quantitative estimate of drug-likeness (QED) is 0.257. The van der Waals surface area contributed by atoms with Crippen LogP contribution in [0.2, 0.25) is 0 Å². The maximum atomic E-state index is 14.4. The third-order valence-electron chi connectivity index (χ3n) is 8.05. The van der Waals surface area contributed by atoms with Crippen molar-refractivity contribution in [3.05, 3.63) is 58.7 Å². The van der Waals surface area contributed by atoms with Gasteiger partial charge in [-0.15, -0.1) is 4.40 Å². The SMILES string of the molecule is CC(C)CC[C@@]1(C(=O)O)C(=O)C(C2=NS(=O)(=O)c3cc(NS(C)(=O)=O)ccc3N2)=C(O)c2c(C[C@H]3CCCN3)cccc21. The second kappa shape index (κ2) is 11.1. The highest BCUT2D eigenvalue weighted by Gasteiger charge is 2.55. The largest absolute Gasteiger partial charge is 0.506 e. The monoisotopic (exact) mass is 630 g/mol. The van der Waals surface area contributed by atoms with Crippen LogP contribution in [0.25, 0.3) is 5.76 Å². The summed E-state index contributed by atoms with van der Waals surface area (Å²) >= 11 is 0. The van der Waals surface area contributed by atoms with Gasteiger partial charge in [0.15, 0.2) is 17.0 Å². The molecule has 14 heteroatoms. The van der Waals surface area contributed by atoms with Crippen molar-refractivity contribution in [3.8, 4) is 0 Å². The molecule has 0 radical (unpaired) electrons. The molecule has 0 saturated carbocycles. The number of hydrogen-bond acceptors (Lipinski definition) is 9. The number of aliphatic hydroxyl groups is 1. The lowest BCUT2D eigenvalue weighted by molar-refractivity contribution is -0.148. The number of carboxylic acid groups (broad SMARTS) is 1. The van der Waals surface area contributed by atoms with Crippen LogP contribution in [0, 0.1) is 5.92 Å². The van der Waals surface area contributed by atoms with Crippen LogP contribution in [0.15, 0.2) is 51.3 Å². The van der Waals surface area contributed by atoms with Crippen LogP contribution in [-0.2, 0) is 41.5 Å². The van der Waals surface area contributed by atoms with Crippen molar-refractivity contribution >= 4 is 54.8 Å². The zero-order chi connectivity index (χ0) is 31.3. The van der Waals surface area contributed by atoms with E-state index in [0.717, 1.165) is 31.7 Å². The van der Waals surface area contributed by atoms with Gasteiger partial charge in [0, 0.05) is 17.3 Å². The Morgan fingerprint density at radius 2 is 1.98 bits per heavy atom. The maximum Gasteiger partial charge on any atom is 0.322 e. The van der Waals surface area contributed by atoms with Gasteiger partial charge < -0.3 is 20.8 Å². The number of aliphatic hydroxyl groups excluding tert-OH is 1. The first-order valence-corrected chi connectivity index (χ1v) is 17.3. The third kappa shape index (κ3) is 5.66. The molecule has 230 valence electrons. The molecule has 0 unspecified atom stereocenters. The van der Waals surface area contributed by atoms with Gasteiger partial charge in [0.25, 0.3) is 10.0 Å². The highest BCUT2D eigenvalue weighted by Crippen LogP contribution is 2.46. The van der Waals surface area contributed by atoms with E-state index in [1.54, 1.807) is 18.2 Å². The zero-order valence-corrected chi connectivity index (χ0v) is 25.6. The summed E-state index contributed by atoms with van der Waals surface area (Å²) in [7, 11) is -8.22. The number of sulfonamides is 2. The molecule has 0 amide bonds. The molecule has 2 aromatic carbocycles. The molecule has 0 aromatic heterocycles. The molecule has 2 heterocycles. The van der Waals surface area contributed by atoms with E-state index < -0.39 is 54.4 Å². The van der Waals surface area contributed by atoms with E-state index in [1.807, 2.05) is 13.8 Å². The Balaban J connectivity index is 1.71. The standard InChI is InChI=1S/C29H34N4O8S2/c1-16(2)11-12-29(28(36)37)20-8-4-6-17(14-18-7-5-13-30-18)23(20)25(34)24(26(29)35)27-31-21-10-9-19(32-42(3,38)39)15-22(21)43(40,41)33-27/h4,6,8-10,15-16,18,30,32,34H,5,7,11-14H2,1-3H3,(H,31,33)(H,36,37)/t18-,29+/m1/s1. The summed E-state index contributed by atoms with van der Waals surface area (Å²) < 4.78 is 56.1. The Morgan fingerprint density at radius 1 is 1.23 bits per heavy atom. The van der Waals surface area contributed by atoms with Crippen LogP contribution in [0.5, 0.6) is 0 Å². The minimum absolute atomic E-state index is 0.0150. The van der Waals surface area contributed by atoms with E-state index in [1.165, 1.54) is 12.1 Å². The number of benzene rings is 2. The summed E-state index contributed by atoms with van der Waals surface area (Å²) in [5.74, 6) is -3.38. The van der Waals surface area contributed by atoms with Crippen LogP contribution >= 0.6 is 0 Å². The Morgan fingerprint density at radius 3 is 2.60 bits per heavy atom. The zero-order valence-electron chi connectivity index (χ0n) is 24.0. The number of carbonyl (C=O) groups excluding carboxylic acids is 1. The van der Waals surface area contributed by atoms with Gasteiger partial charge in [0.05, 0.1) is 11.9 Å². The lowest BCUT2D eigenvalue weighted by Gasteiger charge is -2.37. The van der Waals surface area contributed by atoms with Gasteiger partial charge in [0.2, 0.25) is 10.0 Å². The summed E-state index contributed by atoms with van der Waals surface area (Å²) in [6, 6.07) is 8.79. The van der Waals surface area contributed by atoms with Gasteiger partial charge in [0.1, 0.15) is 16.2 Å². The number of Topliss-reactive ketones (excluding diaryl/α,β-unsaturated/α-hetero) is 1. The average molecular weight is 631 g/mol. The minimum Gasteiger partial charge on any atom is -0.506 e. The van der Waals surface area contributed by atoms with Gasteiger partial charge in [-0.3, -0.25) is 14.3 Å². The molecule has 1 fully saturated rings. The Bertz CT molecular complexity index is 1790. The van der Waals surface area contributed by atoms with Crippen LogP contribution in [-0.4, -0.2) is 63.5 Å². The number of ketones is 1. The van der Waals surface area contributed by atoms with Crippen molar-refractivity contribution in [2.24, 2.45) is 10.3 Å². The number of anilines is 2. The molecule has 3 aliphatic rings. The van der Waals surface area contributed by atoms with Crippen LogP contribution < -0.4 is 15.4 Å². The molecule has 2 atom stereocenters. The van der Waals surface area contributed by atoms with Gasteiger partial charge in [-0.05, 0) is 73.9 Å². The second-order valence-electron chi connectivity index (χ2n) is 11.7. The smallest absolute Gasteiger partial charge is 0.322 e. The fourth-order valence-electron chi connectivity index (χ4n) is 6.01. The van der Waals surface area contributed by atoms with Crippen molar-refractivity contribution in [1.29, 1.82) is 0 Å². The normalized spacial score (nSPS) is 22.9. The lowest BCUT2D eigenvalue weighted by Crippen LogP contribution is -2.50. The van der Waals surface area contributed by atoms with E-state index in [-0.39, 0.29) is 45.8 Å². The fourth-order valence-corrected chi connectivity index (χ4v) is 7.71. The molecular formula is C29H34N4O8S2. The summed E-state index contributed by atoms with van der Waals surface area (Å²) in [6.45, 7) is 4.64. The van der Waals surface area contributed by atoms with E-state index in [0.29, 0.717) is 18.4 Å². The highest BCUT2D eigenvalue weighted by molar-refractivity contribution is 7.92. The predicted octanol–water partition coefficient (Wildman–Crippen LogP) is 3.18. The molecule has 43 heavy (non-hydrogen) atoms. The number of carbonyl (C=O) groups is 2. The topological polar surface area (TPSA) is 191 Å². The van der Waals surface area contributed by atoms with Crippen molar-refractivity contribution in [2.45, 2.75) is 62.3 Å². The molecule has 1 saturated heterocycles. The molecule has 5 rings (SSSR count). The third-order valence-corrected chi connectivity index (χ3v) is 9.98. The van der Waals surface area contributed by atoms with Gasteiger partial charge in [-0.2, -0.15) is 8.42 Å². The summed E-state index contributed by atoms with van der Waals surface area (Å²) in [4.78, 5) is 27.2. The first-order valence-electron chi connectivity index (χ1n) is 14.0. The van der Waals surface area contributed by atoms with Crippen molar-refractivity contribution < 1.29 is 36.6 Å². The molecule has 12 nitrogen and oxygen atoms in total. The van der Waals surface area contributed by atoms with Crippen molar-refractivity contribution in [2.75, 3.05) is 22.8 Å². The molecule has 0 spiro atoms. The molecule has 0 bridgehead atoms. The number of carboxylic acids is 1. The lowest BCUT2D eigenvalue weighted by atomic mass is 9.64. The summed E-state index contributed by atoms with van der Waals surface area (Å²) in [6.07, 6.45) is 3.53. The van der Waals surface area contributed by atoms with Crippen molar-refractivity contribution in [3.63, 3.8) is 0 Å². The molecule has 5 N–H and O–H groups in total. The number of rotatable bonds is 9. The van der Waals surface area contributed by atoms with E-state index >= 15 is 0 Å². The number of aliphatic carboxylic acids is 1. The minimum atomic E-state index is -4.52. The predicted molar refractivity (Wildman–Crippen MR) is 162 cm³/mol. The Hall–Kier alpha value is -3.75. The van der Waals surface area contributed by atoms with E-state index in [2.05, 4.69) is 19.8 Å². The maximum absolute atomic E-state index is 14.4. The van der Waals surface area contributed by atoms with Gasteiger partial charge >= 0.3 is 5.97 Å². The average Bonchev–Trinajstić information content (AvgIpc) is 3.41. The first-order chi connectivity index (χ1) is 20.1. The van der Waals surface area contributed by atoms with E-state index in [9.17, 15) is 36.6 Å². The molecule has 2 aliphatic heterocycles. The molecular weight excluding hydrogens is 596 g/mol. The summed E-state index contributed by atoms with van der Waals surface area (Å²) in [5, 5.41) is 28.6. The number of nitrogens with zero attached hydrogens (tertiary/aromatic N) is 1. The number of amidine groups is 1. The summed E-state index contributed by atoms with van der Waals surface area (Å²) in [5.41, 5.74) is -1.68. The first kappa shape index (κ1) is 30.7. The molecule has 1 aliphatic carbocycles. The number of fused-ring (bicyclic) bond motifs is 2. The highest BCUT2D eigenvalue weighted by atomic mass is 32.2. The second-order valence-corrected chi connectivity index (χ2v) is 15.0. The molecule has 2 aromatic rings. The van der Waals surface area contributed by atoms with Crippen LogP contribution in [0.1, 0.15) is 56.2 Å².